The Morgan fingerprint density at radius 3 is 2.33 bits per heavy atom. The molecule has 4 bridgehead atoms. The van der Waals surface area contributed by atoms with Crippen LogP contribution in [-0.4, -0.2) is 30.0 Å². The van der Waals surface area contributed by atoms with Crippen molar-refractivity contribution in [1.29, 1.82) is 0 Å². The molecule has 4 fully saturated rings. The number of esters is 1. The molecule has 146 valence electrons. The van der Waals surface area contributed by atoms with Crippen LogP contribution in [0.15, 0.2) is 6.07 Å². The van der Waals surface area contributed by atoms with Gasteiger partial charge in [0.15, 0.2) is 6.61 Å². The molecule has 0 saturated heterocycles. The summed E-state index contributed by atoms with van der Waals surface area (Å²) in [6.07, 6.45) is 7.87. The third-order valence-electron chi connectivity index (χ3n) is 6.66. The first-order valence-electron chi connectivity index (χ1n) is 9.91. The lowest BCUT2D eigenvalue weighted by atomic mass is 9.49. The van der Waals surface area contributed by atoms with Crippen LogP contribution in [0.4, 0.5) is 0 Å². The molecule has 5 nitrogen and oxygen atoms in total. The fourth-order valence-corrected chi connectivity index (χ4v) is 6.44. The smallest absolute Gasteiger partial charge is 0.342 e. The minimum absolute atomic E-state index is 0.117. The van der Waals surface area contributed by atoms with Crippen molar-refractivity contribution >= 4 is 23.5 Å². The second-order valence-corrected chi connectivity index (χ2v) is 9.37. The lowest BCUT2D eigenvalue weighted by Gasteiger charge is -2.56. The predicted molar refractivity (Wildman–Crippen MR) is 103 cm³/mol. The van der Waals surface area contributed by atoms with Crippen molar-refractivity contribution < 1.29 is 14.3 Å². The molecule has 4 aliphatic carbocycles. The van der Waals surface area contributed by atoms with Crippen LogP contribution in [0.3, 0.4) is 0 Å². The third kappa shape index (κ3) is 3.84. The highest BCUT2D eigenvalue weighted by Gasteiger charge is 2.50. The summed E-state index contributed by atoms with van der Waals surface area (Å²) in [5.74, 6) is 1.71. The average molecular weight is 391 g/mol. The Balaban J connectivity index is 1.30. The molecule has 1 amide bonds. The van der Waals surface area contributed by atoms with E-state index in [1.807, 2.05) is 6.92 Å². The first-order chi connectivity index (χ1) is 12.8. The molecule has 4 aliphatic rings. The van der Waals surface area contributed by atoms with Crippen molar-refractivity contribution in [2.24, 2.45) is 23.2 Å². The molecule has 1 N–H and O–H groups in total. The number of amides is 1. The Kier molecular flexibility index (Phi) is 4.91. The minimum atomic E-state index is -0.602. The Bertz CT molecular complexity index is 718. The van der Waals surface area contributed by atoms with Gasteiger partial charge < -0.3 is 10.1 Å². The molecule has 1 heterocycles. The summed E-state index contributed by atoms with van der Waals surface area (Å²) < 4.78 is 5.19. The van der Waals surface area contributed by atoms with E-state index in [4.69, 9.17) is 16.3 Å². The average Bonchev–Trinajstić information content (AvgIpc) is 2.56. The quantitative estimate of drug-likeness (QED) is 0.612. The van der Waals surface area contributed by atoms with E-state index in [0.717, 1.165) is 23.4 Å². The highest BCUT2D eigenvalue weighted by Crippen LogP contribution is 2.59. The van der Waals surface area contributed by atoms with Crippen molar-refractivity contribution in [3.63, 3.8) is 0 Å². The van der Waals surface area contributed by atoms with Gasteiger partial charge in [0.05, 0.1) is 5.56 Å². The van der Waals surface area contributed by atoms with E-state index >= 15 is 0 Å². The van der Waals surface area contributed by atoms with Crippen molar-refractivity contribution in [2.75, 3.05) is 13.2 Å². The van der Waals surface area contributed by atoms with Crippen molar-refractivity contribution in [2.45, 2.75) is 52.4 Å². The lowest BCUT2D eigenvalue weighted by molar-refractivity contribution is -0.126. The summed E-state index contributed by atoms with van der Waals surface area (Å²) in [6, 6.07) is 1.77. The molecule has 0 aromatic carbocycles. The summed E-state index contributed by atoms with van der Waals surface area (Å²) >= 11 is 6.07. The van der Waals surface area contributed by atoms with Gasteiger partial charge in [-0.05, 0) is 87.2 Å². The number of nitrogens with zero attached hydrogens (tertiary/aromatic N) is 1. The maximum atomic E-state index is 12.3. The van der Waals surface area contributed by atoms with Crippen LogP contribution >= 0.6 is 11.6 Å². The first-order valence-corrected chi connectivity index (χ1v) is 10.3. The summed E-state index contributed by atoms with van der Waals surface area (Å²) in [5, 5.41) is 3.14. The monoisotopic (exact) mass is 390 g/mol. The number of nitrogens with one attached hydrogen (secondary N) is 1. The molecule has 4 saturated carbocycles. The highest BCUT2D eigenvalue weighted by molar-refractivity contribution is 6.32. The molecule has 0 aliphatic heterocycles. The van der Waals surface area contributed by atoms with Crippen molar-refractivity contribution in [3.8, 4) is 0 Å². The van der Waals surface area contributed by atoms with Gasteiger partial charge in [-0.2, -0.15) is 0 Å². The second kappa shape index (κ2) is 7.08. The SMILES string of the molecule is Cc1cc(C)c(C(=O)OCC(=O)NCC23CC4CC(CC(C4)C2)C3)c(Cl)n1. The summed E-state index contributed by atoms with van der Waals surface area (Å²) in [6.45, 7) is 4.02. The van der Waals surface area contributed by atoms with E-state index in [-0.39, 0.29) is 28.6 Å². The molecular weight excluding hydrogens is 364 g/mol. The normalized spacial score (nSPS) is 31.0. The van der Waals surface area contributed by atoms with Crippen LogP contribution in [0.2, 0.25) is 5.15 Å². The maximum absolute atomic E-state index is 12.3. The second-order valence-electron chi connectivity index (χ2n) is 9.02. The Hall–Kier alpha value is -1.62. The van der Waals surface area contributed by atoms with E-state index in [1.165, 1.54) is 38.5 Å². The largest absolute Gasteiger partial charge is 0.452 e. The zero-order chi connectivity index (χ0) is 19.2. The highest BCUT2D eigenvalue weighted by atomic mass is 35.5. The molecule has 0 spiro atoms. The van der Waals surface area contributed by atoms with Gasteiger partial charge in [-0.1, -0.05) is 11.6 Å². The van der Waals surface area contributed by atoms with Crippen LogP contribution in [0.25, 0.3) is 0 Å². The summed E-state index contributed by atoms with van der Waals surface area (Å²) in [7, 11) is 0. The number of halogens is 1. The van der Waals surface area contributed by atoms with Gasteiger partial charge in [-0.15, -0.1) is 0 Å². The van der Waals surface area contributed by atoms with Gasteiger partial charge >= 0.3 is 5.97 Å². The van der Waals surface area contributed by atoms with Crippen LogP contribution in [-0.2, 0) is 9.53 Å². The van der Waals surface area contributed by atoms with Gasteiger partial charge in [0.1, 0.15) is 5.15 Å². The molecular formula is C21H27ClN2O3. The number of carbonyl (C=O) groups excluding carboxylic acids is 2. The van der Waals surface area contributed by atoms with Gasteiger partial charge in [0.2, 0.25) is 0 Å². The summed E-state index contributed by atoms with van der Waals surface area (Å²) in [4.78, 5) is 28.6. The zero-order valence-electron chi connectivity index (χ0n) is 16.0. The van der Waals surface area contributed by atoms with Crippen LogP contribution in [0, 0.1) is 37.0 Å². The van der Waals surface area contributed by atoms with Crippen molar-refractivity contribution in [1.82, 2.24) is 10.3 Å². The van der Waals surface area contributed by atoms with E-state index in [1.54, 1.807) is 13.0 Å². The Morgan fingerprint density at radius 2 is 1.78 bits per heavy atom. The van der Waals surface area contributed by atoms with Gasteiger partial charge in [-0.3, -0.25) is 4.79 Å². The Morgan fingerprint density at radius 1 is 1.19 bits per heavy atom. The predicted octanol–water partition coefficient (Wildman–Crippen LogP) is 3.84. The van der Waals surface area contributed by atoms with Gasteiger partial charge in [0.25, 0.3) is 5.91 Å². The first kappa shape index (κ1) is 18.7. The topological polar surface area (TPSA) is 68.3 Å². The number of rotatable bonds is 5. The molecule has 1 aromatic heterocycles. The number of ether oxygens (including phenoxy) is 1. The lowest BCUT2D eigenvalue weighted by Crippen LogP contribution is -2.51. The van der Waals surface area contributed by atoms with Crippen LogP contribution in [0.1, 0.15) is 60.1 Å². The van der Waals surface area contributed by atoms with E-state index in [2.05, 4.69) is 10.3 Å². The molecule has 27 heavy (non-hydrogen) atoms. The number of pyridine rings is 1. The van der Waals surface area contributed by atoms with Crippen LogP contribution in [0.5, 0.6) is 0 Å². The molecule has 1 aromatic rings. The van der Waals surface area contributed by atoms with Gasteiger partial charge in [-0.25, -0.2) is 9.78 Å². The van der Waals surface area contributed by atoms with E-state index < -0.39 is 5.97 Å². The molecule has 0 unspecified atom stereocenters. The van der Waals surface area contributed by atoms with E-state index in [0.29, 0.717) is 12.1 Å². The number of hydrogen-bond donors (Lipinski definition) is 1. The number of carbonyl (C=O) groups is 2. The number of aryl methyl sites for hydroxylation is 2. The molecule has 5 rings (SSSR count). The van der Waals surface area contributed by atoms with Crippen LogP contribution < -0.4 is 5.32 Å². The zero-order valence-corrected chi connectivity index (χ0v) is 16.8. The molecule has 6 heteroatoms. The Labute approximate surface area is 165 Å². The van der Waals surface area contributed by atoms with Crippen molar-refractivity contribution in [3.05, 3.63) is 28.0 Å². The summed E-state index contributed by atoms with van der Waals surface area (Å²) in [5.41, 5.74) is 1.94. The fourth-order valence-electron chi connectivity index (χ4n) is 6.08. The molecule has 0 radical (unpaired) electrons. The molecule has 0 atom stereocenters. The fraction of sp³-hybridized carbons (Fsp3) is 0.667. The standard InChI is InChI=1S/C21H27ClN2O3/c1-12-3-13(2)24-19(22)18(12)20(26)27-10-17(25)23-11-21-7-14-4-15(8-21)6-16(5-14)9-21/h3,14-16H,4-11H2,1-2H3,(H,23,25). The maximum Gasteiger partial charge on any atom is 0.342 e. The number of aromatic nitrogens is 1. The van der Waals surface area contributed by atoms with Gasteiger partial charge in [0, 0.05) is 12.2 Å². The number of hydrogen-bond acceptors (Lipinski definition) is 4. The van der Waals surface area contributed by atoms with E-state index in [9.17, 15) is 9.59 Å². The minimum Gasteiger partial charge on any atom is -0.452 e. The third-order valence-corrected chi connectivity index (χ3v) is 6.94.